The van der Waals surface area contributed by atoms with Gasteiger partial charge in [0.05, 0.1) is 0 Å². The number of thioether (sulfide) groups is 2. The van der Waals surface area contributed by atoms with Crippen molar-refractivity contribution in [2.24, 2.45) is 0 Å². The van der Waals surface area contributed by atoms with Crippen molar-refractivity contribution in [2.45, 2.75) is 37.5 Å². The van der Waals surface area contributed by atoms with Crippen LogP contribution in [0.4, 0.5) is 0 Å². The Balaban J connectivity index is 1.68. The number of benzene rings is 2. The minimum absolute atomic E-state index is 0.0559. The highest BCUT2D eigenvalue weighted by Gasteiger charge is 2.36. The van der Waals surface area contributed by atoms with Gasteiger partial charge in [-0.15, -0.1) is 0 Å². The molecular weight excluding hydrogens is 400 g/mol. The topological polar surface area (TPSA) is 47.3 Å². The Morgan fingerprint density at radius 1 is 0.724 bits per heavy atom. The molecule has 0 amide bonds. The van der Waals surface area contributed by atoms with Crippen LogP contribution in [0.15, 0.2) is 50.6 Å². The lowest BCUT2D eigenvalue weighted by atomic mass is 9.94. The van der Waals surface area contributed by atoms with E-state index in [4.69, 9.17) is 4.42 Å². The van der Waals surface area contributed by atoms with E-state index in [0.29, 0.717) is 11.1 Å². The molecule has 0 fully saturated rings. The Bertz CT molecular complexity index is 1280. The number of rotatable bonds is 1. The van der Waals surface area contributed by atoms with Crippen LogP contribution < -0.4 is 0 Å². The van der Waals surface area contributed by atoms with Crippen LogP contribution in [0.5, 0.6) is 0 Å². The highest BCUT2D eigenvalue weighted by atomic mass is 32.2. The van der Waals surface area contributed by atoms with Gasteiger partial charge in [-0.3, -0.25) is 9.59 Å². The predicted octanol–water partition coefficient (Wildman–Crippen LogP) is 6.36. The molecule has 0 saturated heterocycles. The Hall–Kier alpha value is -2.50. The lowest BCUT2D eigenvalue weighted by Gasteiger charge is -2.06. The summed E-state index contributed by atoms with van der Waals surface area (Å²) < 4.78 is 5.96. The first kappa shape index (κ1) is 18.5. The first-order chi connectivity index (χ1) is 13.8. The van der Waals surface area contributed by atoms with Crippen molar-refractivity contribution in [2.75, 3.05) is 0 Å². The minimum atomic E-state index is -0.0712. The Kier molecular flexibility index (Phi) is 4.16. The molecule has 5 rings (SSSR count). The normalized spacial score (nSPS) is 17.8. The van der Waals surface area contributed by atoms with Crippen LogP contribution in [0.2, 0.25) is 0 Å². The van der Waals surface area contributed by atoms with E-state index in [0.717, 1.165) is 54.7 Å². The van der Waals surface area contributed by atoms with Gasteiger partial charge in [0, 0.05) is 37.6 Å². The maximum atomic E-state index is 12.9. The molecule has 1 aromatic heterocycles. The van der Waals surface area contributed by atoms with Gasteiger partial charge in [-0.05, 0) is 80.0 Å². The molecule has 3 aromatic rings. The first-order valence-corrected chi connectivity index (χ1v) is 11.0. The summed E-state index contributed by atoms with van der Waals surface area (Å²) in [6.45, 7) is 8.06. The van der Waals surface area contributed by atoms with E-state index >= 15 is 0 Å². The van der Waals surface area contributed by atoms with E-state index in [1.54, 1.807) is 0 Å². The Labute approximate surface area is 177 Å². The summed E-state index contributed by atoms with van der Waals surface area (Å²) in [5.41, 5.74) is 7.07. The fourth-order valence-corrected chi connectivity index (χ4v) is 5.90. The molecule has 0 unspecified atom stereocenters. The lowest BCUT2D eigenvalue weighted by molar-refractivity contribution is -0.107. The minimum Gasteiger partial charge on any atom is -0.461 e. The molecule has 5 heteroatoms. The van der Waals surface area contributed by atoms with Crippen LogP contribution in [-0.2, 0) is 9.59 Å². The molecule has 0 saturated carbocycles. The zero-order valence-corrected chi connectivity index (χ0v) is 18.1. The second-order valence-electron chi connectivity index (χ2n) is 7.48. The molecular formula is C24H18O3S2. The summed E-state index contributed by atoms with van der Waals surface area (Å²) >= 11 is 2.40. The number of carbonyl (C=O) groups excluding carboxylic acids is 2. The van der Waals surface area contributed by atoms with E-state index < -0.39 is 0 Å². The van der Waals surface area contributed by atoms with E-state index in [1.807, 2.05) is 64.1 Å². The quantitative estimate of drug-likeness (QED) is 0.431. The van der Waals surface area contributed by atoms with Crippen molar-refractivity contribution < 1.29 is 14.0 Å². The van der Waals surface area contributed by atoms with Crippen molar-refractivity contribution in [1.29, 1.82) is 0 Å². The predicted molar refractivity (Wildman–Crippen MR) is 118 cm³/mol. The van der Waals surface area contributed by atoms with E-state index in [9.17, 15) is 9.59 Å². The fraction of sp³-hybridized carbons (Fsp3) is 0.167. The van der Waals surface area contributed by atoms with Gasteiger partial charge in [0.2, 0.25) is 10.2 Å². The molecule has 2 aliphatic rings. The monoisotopic (exact) mass is 418 g/mol. The lowest BCUT2D eigenvalue weighted by Crippen LogP contribution is -1.99. The van der Waals surface area contributed by atoms with Gasteiger partial charge in [-0.2, -0.15) is 0 Å². The maximum Gasteiger partial charge on any atom is 0.225 e. The first-order valence-electron chi connectivity index (χ1n) is 9.36. The van der Waals surface area contributed by atoms with Gasteiger partial charge < -0.3 is 4.42 Å². The third kappa shape index (κ3) is 2.75. The van der Waals surface area contributed by atoms with Crippen LogP contribution >= 0.6 is 23.5 Å². The van der Waals surface area contributed by atoms with Crippen LogP contribution in [-0.4, -0.2) is 10.2 Å². The van der Waals surface area contributed by atoms with E-state index in [2.05, 4.69) is 0 Å². The standard InChI is InChI=1S/C24H18O3S2/c1-11-5-7-16-18(9-11)28-23(25)20(16)21-17-8-6-15(10-19(17)29-24(21)26)22-13(3)12(2)14(4)27-22/h5-10H,1-4H3/b21-20+. The smallest absolute Gasteiger partial charge is 0.225 e. The third-order valence-electron chi connectivity index (χ3n) is 5.67. The largest absolute Gasteiger partial charge is 0.461 e. The Morgan fingerprint density at radius 2 is 1.31 bits per heavy atom. The number of furan rings is 1. The molecule has 0 N–H and O–H groups in total. The maximum absolute atomic E-state index is 12.9. The van der Waals surface area contributed by atoms with Crippen molar-refractivity contribution in [3.63, 3.8) is 0 Å². The Morgan fingerprint density at radius 3 is 1.90 bits per heavy atom. The van der Waals surface area contributed by atoms with Gasteiger partial charge in [0.1, 0.15) is 11.5 Å². The molecule has 3 heterocycles. The summed E-state index contributed by atoms with van der Waals surface area (Å²) in [5, 5.41) is -0.127. The number of hydrogen-bond donors (Lipinski definition) is 0. The molecule has 3 nitrogen and oxygen atoms in total. The second kappa shape index (κ2) is 6.51. The number of hydrogen-bond acceptors (Lipinski definition) is 5. The van der Waals surface area contributed by atoms with Crippen molar-refractivity contribution in [1.82, 2.24) is 0 Å². The number of carbonyl (C=O) groups is 2. The molecule has 2 aliphatic heterocycles. The van der Waals surface area contributed by atoms with Crippen molar-refractivity contribution in [3.8, 4) is 11.3 Å². The van der Waals surface area contributed by atoms with Crippen LogP contribution in [0.3, 0.4) is 0 Å². The van der Waals surface area contributed by atoms with Crippen molar-refractivity contribution >= 4 is 44.9 Å². The zero-order chi connectivity index (χ0) is 20.4. The molecule has 0 bridgehead atoms. The summed E-state index contributed by atoms with van der Waals surface area (Å²) in [6, 6.07) is 11.9. The van der Waals surface area contributed by atoms with Gasteiger partial charge >= 0.3 is 0 Å². The summed E-state index contributed by atoms with van der Waals surface area (Å²) in [5.74, 6) is 1.75. The van der Waals surface area contributed by atoms with Gasteiger partial charge in [-0.25, -0.2) is 0 Å². The summed E-state index contributed by atoms with van der Waals surface area (Å²) in [4.78, 5) is 27.5. The number of aryl methyl sites for hydroxylation is 2. The number of fused-ring (bicyclic) bond motifs is 2. The van der Waals surface area contributed by atoms with Crippen LogP contribution in [0.1, 0.15) is 33.6 Å². The SMILES string of the molecule is Cc1ccc2c(c1)SC(=O)/C2=C1/C(=O)Sc2cc(-c3oc(C)c(C)c3C)ccc21. The molecule has 0 radical (unpaired) electrons. The van der Waals surface area contributed by atoms with E-state index in [1.165, 1.54) is 23.5 Å². The molecule has 0 aliphatic carbocycles. The average molecular weight is 419 g/mol. The van der Waals surface area contributed by atoms with Crippen LogP contribution in [0.25, 0.3) is 22.5 Å². The zero-order valence-electron chi connectivity index (χ0n) is 16.5. The highest BCUT2D eigenvalue weighted by Crippen LogP contribution is 2.51. The molecule has 0 atom stereocenters. The third-order valence-corrected chi connectivity index (χ3v) is 7.56. The fourth-order valence-electron chi connectivity index (χ4n) is 3.89. The molecule has 29 heavy (non-hydrogen) atoms. The average Bonchev–Trinajstić information content (AvgIpc) is 3.26. The van der Waals surface area contributed by atoms with Gasteiger partial charge in [-0.1, -0.05) is 24.3 Å². The highest BCUT2D eigenvalue weighted by molar-refractivity contribution is 8.16. The van der Waals surface area contributed by atoms with Gasteiger partial charge in [0.25, 0.3) is 0 Å². The molecule has 0 spiro atoms. The van der Waals surface area contributed by atoms with Crippen LogP contribution in [0, 0.1) is 27.7 Å². The van der Waals surface area contributed by atoms with Gasteiger partial charge in [0.15, 0.2) is 0 Å². The summed E-state index contributed by atoms with van der Waals surface area (Å²) in [7, 11) is 0. The van der Waals surface area contributed by atoms with Crippen molar-refractivity contribution in [3.05, 3.63) is 70.0 Å². The van der Waals surface area contributed by atoms with E-state index in [-0.39, 0.29) is 10.2 Å². The summed E-state index contributed by atoms with van der Waals surface area (Å²) in [6.07, 6.45) is 0. The molecule has 144 valence electrons. The second-order valence-corrected chi connectivity index (χ2v) is 9.51. The molecule has 2 aromatic carbocycles.